The molecule has 0 saturated carbocycles. The molecule has 6 heteroatoms. The van der Waals surface area contributed by atoms with E-state index < -0.39 is 5.97 Å². The fraction of sp³-hybridized carbons (Fsp3) is 0.0588. The summed E-state index contributed by atoms with van der Waals surface area (Å²) in [5, 5.41) is 1.55. The van der Waals surface area contributed by atoms with Crippen molar-refractivity contribution in [3.05, 3.63) is 68.4 Å². The summed E-state index contributed by atoms with van der Waals surface area (Å²) in [5.41, 5.74) is 2.01. The lowest BCUT2D eigenvalue weighted by Gasteiger charge is -2.12. The number of esters is 1. The second-order valence-corrected chi connectivity index (χ2v) is 5.71. The standard InChI is InChI=1S/C17H11Cl2NO3/c1-23-17(22)13-8-9(18)2-3-10(13)11-4-6-14-12(16(11)19)5-7-15(21)20-14/h2-8H,1H3,(H,20,21). The lowest BCUT2D eigenvalue weighted by atomic mass is 9.98. The van der Waals surface area contributed by atoms with Crippen LogP contribution in [0.2, 0.25) is 10.0 Å². The van der Waals surface area contributed by atoms with Gasteiger partial charge < -0.3 is 9.72 Å². The number of benzene rings is 2. The van der Waals surface area contributed by atoms with Gasteiger partial charge >= 0.3 is 5.97 Å². The Balaban J connectivity index is 2.29. The molecule has 0 amide bonds. The molecule has 1 heterocycles. The summed E-state index contributed by atoms with van der Waals surface area (Å²) in [6, 6.07) is 11.5. The highest BCUT2D eigenvalue weighted by molar-refractivity contribution is 6.38. The Labute approximate surface area is 141 Å². The maximum atomic E-state index is 12.0. The first-order valence-electron chi connectivity index (χ1n) is 6.71. The largest absolute Gasteiger partial charge is 0.465 e. The summed E-state index contributed by atoms with van der Waals surface area (Å²) in [7, 11) is 1.31. The van der Waals surface area contributed by atoms with Crippen LogP contribution in [-0.2, 0) is 4.74 Å². The van der Waals surface area contributed by atoms with Crippen molar-refractivity contribution in [3.8, 4) is 11.1 Å². The van der Waals surface area contributed by atoms with E-state index in [9.17, 15) is 9.59 Å². The fourth-order valence-electron chi connectivity index (χ4n) is 2.44. The van der Waals surface area contributed by atoms with Crippen molar-refractivity contribution < 1.29 is 9.53 Å². The first kappa shape index (κ1) is 15.6. The predicted molar refractivity (Wildman–Crippen MR) is 91.4 cm³/mol. The highest BCUT2D eigenvalue weighted by Gasteiger charge is 2.17. The topological polar surface area (TPSA) is 59.2 Å². The van der Waals surface area contributed by atoms with E-state index in [0.717, 1.165) is 0 Å². The molecule has 23 heavy (non-hydrogen) atoms. The van der Waals surface area contributed by atoms with Crippen molar-refractivity contribution >= 4 is 40.1 Å². The van der Waals surface area contributed by atoms with Crippen LogP contribution in [0.3, 0.4) is 0 Å². The molecule has 0 aliphatic rings. The van der Waals surface area contributed by atoms with E-state index >= 15 is 0 Å². The van der Waals surface area contributed by atoms with E-state index in [0.29, 0.717) is 37.6 Å². The molecule has 0 atom stereocenters. The fourth-order valence-corrected chi connectivity index (χ4v) is 2.94. The van der Waals surface area contributed by atoms with E-state index in [1.54, 1.807) is 30.3 Å². The molecule has 3 aromatic rings. The van der Waals surface area contributed by atoms with Crippen LogP contribution in [0.5, 0.6) is 0 Å². The third kappa shape index (κ3) is 2.83. The summed E-state index contributed by atoms with van der Waals surface area (Å²) in [6.45, 7) is 0. The maximum absolute atomic E-state index is 12.0. The van der Waals surface area contributed by atoms with E-state index in [1.165, 1.54) is 19.2 Å². The minimum atomic E-state index is -0.500. The van der Waals surface area contributed by atoms with Gasteiger partial charge in [0, 0.05) is 27.6 Å². The molecule has 4 nitrogen and oxygen atoms in total. The van der Waals surface area contributed by atoms with Crippen molar-refractivity contribution in [2.75, 3.05) is 7.11 Å². The van der Waals surface area contributed by atoms with Crippen molar-refractivity contribution in [1.82, 2.24) is 4.98 Å². The third-order valence-electron chi connectivity index (χ3n) is 3.52. The van der Waals surface area contributed by atoms with Crippen LogP contribution in [0.1, 0.15) is 10.4 Å². The first-order valence-corrected chi connectivity index (χ1v) is 7.46. The molecule has 116 valence electrons. The molecule has 2 aromatic carbocycles. The number of carbonyl (C=O) groups is 1. The Bertz CT molecular complexity index is 979. The van der Waals surface area contributed by atoms with Crippen LogP contribution in [0.15, 0.2) is 47.3 Å². The number of halogens is 2. The number of aromatic amines is 1. The smallest absolute Gasteiger partial charge is 0.338 e. The molecule has 0 radical (unpaired) electrons. The maximum Gasteiger partial charge on any atom is 0.338 e. The normalized spacial score (nSPS) is 10.7. The van der Waals surface area contributed by atoms with Gasteiger partial charge in [0.2, 0.25) is 5.56 Å². The molecule has 0 unspecified atom stereocenters. The average Bonchev–Trinajstić information content (AvgIpc) is 2.54. The monoisotopic (exact) mass is 347 g/mol. The number of hydrogen-bond donors (Lipinski definition) is 1. The van der Waals surface area contributed by atoms with E-state index in [2.05, 4.69) is 4.98 Å². The number of rotatable bonds is 2. The Morgan fingerprint density at radius 3 is 2.52 bits per heavy atom. The molecule has 1 aromatic heterocycles. The number of pyridine rings is 1. The van der Waals surface area contributed by atoms with Gasteiger partial charge in [0.05, 0.1) is 17.7 Å². The Kier molecular flexibility index (Phi) is 4.11. The van der Waals surface area contributed by atoms with Gasteiger partial charge in [-0.05, 0) is 29.8 Å². The lowest BCUT2D eigenvalue weighted by Crippen LogP contribution is -2.05. The van der Waals surface area contributed by atoms with Crippen LogP contribution in [0, 0.1) is 0 Å². The zero-order chi connectivity index (χ0) is 16.6. The van der Waals surface area contributed by atoms with Crippen LogP contribution in [-0.4, -0.2) is 18.1 Å². The molecular formula is C17H11Cl2NO3. The molecule has 0 spiro atoms. The quantitative estimate of drug-likeness (QED) is 0.703. The van der Waals surface area contributed by atoms with Crippen molar-refractivity contribution in [3.63, 3.8) is 0 Å². The third-order valence-corrected chi connectivity index (χ3v) is 4.16. The number of ether oxygens (including phenoxy) is 1. The summed E-state index contributed by atoms with van der Waals surface area (Å²) in [4.78, 5) is 26.1. The van der Waals surface area contributed by atoms with Gasteiger partial charge in [0.25, 0.3) is 0 Å². The minimum Gasteiger partial charge on any atom is -0.465 e. The number of H-pyrrole nitrogens is 1. The first-order chi connectivity index (χ1) is 11.0. The lowest BCUT2D eigenvalue weighted by molar-refractivity contribution is 0.0601. The predicted octanol–water partition coefficient (Wildman–Crippen LogP) is 4.29. The SMILES string of the molecule is COC(=O)c1cc(Cl)ccc1-c1ccc2[nH]c(=O)ccc2c1Cl. The number of methoxy groups -OCH3 is 1. The van der Waals surface area contributed by atoms with Gasteiger partial charge in [-0.2, -0.15) is 0 Å². The summed E-state index contributed by atoms with van der Waals surface area (Å²) < 4.78 is 4.81. The second-order valence-electron chi connectivity index (χ2n) is 4.89. The molecule has 1 N–H and O–H groups in total. The van der Waals surface area contributed by atoms with Crippen molar-refractivity contribution in [1.29, 1.82) is 0 Å². The molecule has 0 aliphatic carbocycles. The Hall–Kier alpha value is -2.30. The molecule has 0 bridgehead atoms. The van der Waals surface area contributed by atoms with Crippen molar-refractivity contribution in [2.45, 2.75) is 0 Å². The minimum absolute atomic E-state index is 0.206. The van der Waals surface area contributed by atoms with E-state index in [1.807, 2.05) is 0 Å². The molecule has 0 saturated heterocycles. The molecular weight excluding hydrogens is 337 g/mol. The number of hydrogen-bond acceptors (Lipinski definition) is 3. The van der Waals surface area contributed by atoms with Gasteiger partial charge in [-0.1, -0.05) is 35.3 Å². The Morgan fingerprint density at radius 2 is 1.78 bits per heavy atom. The van der Waals surface area contributed by atoms with E-state index in [-0.39, 0.29) is 5.56 Å². The zero-order valence-electron chi connectivity index (χ0n) is 12.0. The number of nitrogens with one attached hydrogen (secondary N) is 1. The molecule has 0 fully saturated rings. The summed E-state index contributed by atoms with van der Waals surface area (Å²) >= 11 is 12.5. The van der Waals surface area contributed by atoms with Crippen LogP contribution in [0.25, 0.3) is 22.0 Å². The molecule has 0 aliphatic heterocycles. The number of aromatic nitrogens is 1. The van der Waals surface area contributed by atoms with Gasteiger partial charge in [-0.25, -0.2) is 4.79 Å². The van der Waals surface area contributed by atoms with Crippen molar-refractivity contribution in [2.24, 2.45) is 0 Å². The zero-order valence-corrected chi connectivity index (χ0v) is 13.5. The molecule has 3 rings (SSSR count). The second kappa shape index (κ2) is 6.07. The van der Waals surface area contributed by atoms with Gasteiger partial charge in [0.15, 0.2) is 0 Å². The van der Waals surface area contributed by atoms with Crippen LogP contribution in [0.4, 0.5) is 0 Å². The summed E-state index contributed by atoms with van der Waals surface area (Å²) in [6.07, 6.45) is 0. The van der Waals surface area contributed by atoms with Gasteiger partial charge in [-0.3, -0.25) is 4.79 Å². The van der Waals surface area contributed by atoms with Crippen LogP contribution >= 0.6 is 23.2 Å². The van der Waals surface area contributed by atoms with Crippen LogP contribution < -0.4 is 5.56 Å². The number of carbonyl (C=O) groups excluding carboxylic acids is 1. The average molecular weight is 348 g/mol. The highest BCUT2D eigenvalue weighted by Crippen LogP contribution is 2.36. The van der Waals surface area contributed by atoms with E-state index in [4.69, 9.17) is 27.9 Å². The Morgan fingerprint density at radius 1 is 1.04 bits per heavy atom. The number of fused-ring (bicyclic) bond motifs is 1. The van der Waals surface area contributed by atoms with Gasteiger partial charge in [0.1, 0.15) is 0 Å². The highest BCUT2D eigenvalue weighted by atomic mass is 35.5. The van der Waals surface area contributed by atoms with Gasteiger partial charge in [-0.15, -0.1) is 0 Å². The summed E-state index contributed by atoms with van der Waals surface area (Å²) in [5.74, 6) is -0.500.